The van der Waals surface area contributed by atoms with Crippen LogP contribution in [0.5, 0.6) is 0 Å². The first-order valence-corrected chi connectivity index (χ1v) is 8.63. The standard InChI is InChI=1S/C13H14Cl2OS2/c1-8-13(18-5-4-17-8)12(16)6-9-2-3-10(14)7-11(9)15/h2-3,7-8,13H,4-6H2,1H3. The maximum absolute atomic E-state index is 12.3. The van der Waals surface area contributed by atoms with Crippen molar-refractivity contribution in [1.82, 2.24) is 0 Å². The van der Waals surface area contributed by atoms with Gasteiger partial charge in [0.25, 0.3) is 0 Å². The molecule has 2 rings (SSSR count). The van der Waals surface area contributed by atoms with Crippen LogP contribution in [0.2, 0.25) is 10.0 Å². The van der Waals surface area contributed by atoms with E-state index in [4.69, 9.17) is 23.2 Å². The number of rotatable bonds is 3. The van der Waals surface area contributed by atoms with Gasteiger partial charge in [-0.2, -0.15) is 11.8 Å². The Kier molecular flexibility index (Phi) is 5.31. The van der Waals surface area contributed by atoms with Crippen LogP contribution < -0.4 is 0 Å². The van der Waals surface area contributed by atoms with Crippen LogP contribution in [0.25, 0.3) is 0 Å². The van der Waals surface area contributed by atoms with E-state index in [9.17, 15) is 4.79 Å². The van der Waals surface area contributed by atoms with Crippen molar-refractivity contribution in [2.24, 2.45) is 0 Å². The van der Waals surface area contributed by atoms with E-state index in [1.54, 1.807) is 23.9 Å². The van der Waals surface area contributed by atoms with E-state index in [-0.39, 0.29) is 11.0 Å². The third-order valence-electron chi connectivity index (χ3n) is 2.88. The number of benzene rings is 1. The molecule has 1 aliphatic heterocycles. The van der Waals surface area contributed by atoms with Gasteiger partial charge in [-0.05, 0) is 17.7 Å². The van der Waals surface area contributed by atoms with Crippen LogP contribution in [-0.4, -0.2) is 27.8 Å². The Morgan fingerprint density at radius 2 is 2.06 bits per heavy atom. The molecule has 1 aromatic carbocycles. The summed E-state index contributed by atoms with van der Waals surface area (Å²) in [4.78, 5) is 12.3. The Labute approximate surface area is 126 Å². The monoisotopic (exact) mass is 320 g/mol. The number of hydrogen-bond donors (Lipinski definition) is 0. The van der Waals surface area contributed by atoms with Crippen LogP contribution >= 0.6 is 46.7 Å². The Bertz CT molecular complexity index is 451. The third kappa shape index (κ3) is 3.60. The molecule has 1 aromatic rings. The minimum Gasteiger partial charge on any atom is -0.298 e. The number of carbonyl (C=O) groups is 1. The summed E-state index contributed by atoms with van der Waals surface area (Å²) in [6.45, 7) is 2.13. The van der Waals surface area contributed by atoms with E-state index in [0.717, 1.165) is 17.1 Å². The normalized spacial score (nSPS) is 23.9. The predicted molar refractivity (Wildman–Crippen MR) is 83.3 cm³/mol. The second-order valence-electron chi connectivity index (χ2n) is 4.25. The molecule has 98 valence electrons. The van der Waals surface area contributed by atoms with Gasteiger partial charge in [-0.25, -0.2) is 0 Å². The van der Waals surface area contributed by atoms with Crippen molar-refractivity contribution < 1.29 is 4.79 Å². The summed E-state index contributed by atoms with van der Waals surface area (Å²) in [6.07, 6.45) is 0.401. The second kappa shape index (κ2) is 6.56. The molecule has 2 atom stereocenters. The topological polar surface area (TPSA) is 17.1 Å². The number of hydrogen-bond acceptors (Lipinski definition) is 3. The lowest BCUT2D eigenvalue weighted by molar-refractivity contribution is -0.117. The van der Waals surface area contributed by atoms with E-state index in [0.29, 0.717) is 21.7 Å². The molecule has 0 N–H and O–H groups in total. The van der Waals surface area contributed by atoms with Crippen molar-refractivity contribution in [2.45, 2.75) is 23.8 Å². The lowest BCUT2D eigenvalue weighted by Gasteiger charge is -2.26. The molecule has 0 amide bonds. The van der Waals surface area contributed by atoms with E-state index >= 15 is 0 Å². The Balaban J connectivity index is 2.06. The maximum atomic E-state index is 12.3. The molecule has 0 saturated carbocycles. The van der Waals surface area contributed by atoms with Crippen LogP contribution in [0.3, 0.4) is 0 Å². The third-order valence-corrected chi connectivity index (χ3v) is 6.61. The number of thioether (sulfide) groups is 2. The number of carbonyl (C=O) groups excluding carboxylic acids is 1. The molecule has 1 aliphatic rings. The summed E-state index contributed by atoms with van der Waals surface area (Å²) < 4.78 is 0. The van der Waals surface area contributed by atoms with Gasteiger partial charge in [0.15, 0.2) is 5.78 Å². The Morgan fingerprint density at radius 3 is 2.72 bits per heavy atom. The highest BCUT2D eigenvalue weighted by molar-refractivity contribution is 8.07. The molecule has 0 radical (unpaired) electrons. The first-order chi connectivity index (χ1) is 8.58. The van der Waals surface area contributed by atoms with E-state index < -0.39 is 0 Å². The average molecular weight is 321 g/mol. The summed E-state index contributed by atoms with van der Waals surface area (Å²) in [5.41, 5.74) is 0.870. The highest BCUT2D eigenvalue weighted by Crippen LogP contribution is 2.33. The quantitative estimate of drug-likeness (QED) is 0.824. The van der Waals surface area contributed by atoms with Crippen molar-refractivity contribution in [2.75, 3.05) is 11.5 Å². The van der Waals surface area contributed by atoms with Gasteiger partial charge >= 0.3 is 0 Å². The first-order valence-electron chi connectivity index (χ1n) is 5.78. The van der Waals surface area contributed by atoms with Crippen LogP contribution in [0.1, 0.15) is 12.5 Å². The van der Waals surface area contributed by atoms with E-state index in [2.05, 4.69) is 6.92 Å². The number of Topliss-reactive ketones (excluding diaryl/α,β-unsaturated/α-hetero) is 1. The zero-order valence-electron chi connectivity index (χ0n) is 9.99. The zero-order chi connectivity index (χ0) is 13.1. The van der Waals surface area contributed by atoms with Crippen molar-refractivity contribution in [3.8, 4) is 0 Å². The molecule has 2 unspecified atom stereocenters. The Hall–Kier alpha value is 0.170. The highest BCUT2D eigenvalue weighted by atomic mass is 35.5. The predicted octanol–water partition coefficient (Wildman–Crippen LogP) is 4.34. The molecule has 1 nitrogen and oxygen atoms in total. The minimum absolute atomic E-state index is 0.0931. The summed E-state index contributed by atoms with van der Waals surface area (Å²) in [5.74, 6) is 2.46. The molecular weight excluding hydrogens is 307 g/mol. The molecular formula is C13H14Cl2OS2. The van der Waals surface area contributed by atoms with Crippen LogP contribution in [0, 0.1) is 0 Å². The number of ketones is 1. The molecule has 0 aliphatic carbocycles. The van der Waals surface area contributed by atoms with Crippen LogP contribution in [-0.2, 0) is 11.2 Å². The van der Waals surface area contributed by atoms with E-state index in [1.165, 1.54) is 0 Å². The van der Waals surface area contributed by atoms with Crippen molar-refractivity contribution >= 4 is 52.5 Å². The van der Waals surface area contributed by atoms with Gasteiger partial charge in [0.2, 0.25) is 0 Å². The zero-order valence-corrected chi connectivity index (χ0v) is 13.1. The molecule has 18 heavy (non-hydrogen) atoms. The summed E-state index contributed by atoms with van der Waals surface area (Å²) in [6, 6.07) is 5.31. The fraction of sp³-hybridized carbons (Fsp3) is 0.462. The lowest BCUT2D eigenvalue weighted by atomic mass is 10.1. The van der Waals surface area contributed by atoms with E-state index in [1.807, 2.05) is 17.8 Å². The fourth-order valence-corrected chi connectivity index (χ4v) is 5.15. The van der Waals surface area contributed by atoms with Gasteiger partial charge in [0.1, 0.15) is 0 Å². The molecule has 0 aromatic heterocycles. The van der Waals surface area contributed by atoms with Gasteiger partial charge in [-0.3, -0.25) is 4.79 Å². The SMILES string of the molecule is CC1SCCSC1C(=O)Cc1ccc(Cl)cc1Cl. The molecule has 5 heteroatoms. The molecule has 1 saturated heterocycles. The maximum Gasteiger partial charge on any atom is 0.151 e. The molecule has 1 fully saturated rings. The fourth-order valence-electron chi connectivity index (χ4n) is 1.94. The second-order valence-corrected chi connectivity index (χ2v) is 7.82. The smallest absolute Gasteiger partial charge is 0.151 e. The van der Waals surface area contributed by atoms with Gasteiger partial charge in [0, 0.05) is 33.2 Å². The summed E-state index contributed by atoms with van der Waals surface area (Å²) >= 11 is 15.6. The highest BCUT2D eigenvalue weighted by Gasteiger charge is 2.29. The summed E-state index contributed by atoms with van der Waals surface area (Å²) in [5, 5.41) is 1.67. The molecule has 0 spiro atoms. The van der Waals surface area contributed by atoms with Crippen molar-refractivity contribution in [3.63, 3.8) is 0 Å². The lowest BCUT2D eigenvalue weighted by Crippen LogP contribution is -2.32. The van der Waals surface area contributed by atoms with Crippen LogP contribution in [0.15, 0.2) is 18.2 Å². The van der Waals surface area contributed by atoms with Crippen molar-refractivity contribution in [3.05, 3.63) is 33.8 Å². The average Bonchev–Trinajstić information content (AvgIpc) is 2.33. The van der Waals surface area contributed by atoms with Crippen LogP contribution in [0.4, 0.5) is 0 Å². The first kappa shape index (κ1) is 14.6. The van der Waals surface area contributed by atoms with Gasteiger partial charge in [-0.1, -0.05) is 36.2 Å². The number of halogens is 2. The molecule has 0 bridgehead atoms. The Morgan fingerprint density at radius 1 is 1.33 bits per heavy atom. The van der Waals surface area contributed by atoms with Gasteiger partial charge in [0.05, 0.1) is 5.25 Å². The largest absolute Gasteiger partial charge is 0.298 e. The van der Waals surface area contributed by atoms with Gasteiger partial charge in [-0.15, -0.1) is 11.8 Å². The minimum atomic E-state index is 0.0931. The van der Waals surface area contributed by atoms with Crippen molar-refractivity contribution in [1.29, 1.82) is 0 Å². The van der Waals surface area contributed by atoms with Gasteiger partial charge < -0.3 is 0 Å². The summed E-state index contributed by atoms with van der Waals surface area (Å²) in [7, 11) is 0. The molecule has 1 heterocycles.